The summed E-state index contributed by atoms with van der Waals surface area (Å²) in [5.74, 6) is 0.673. The van der Waals surface area contributed by atoms with E-state index in [4.69, 9.17) is 4.42 Å². The van der Waals surface area contributed by atoms with Gasteiger partial charge in [0.1, 0.15) is 11.5 Å². The van der Waals surface area contributed by atoms with E-state index in [-0.39, 0.29) is 6.04 Å². The molecule has 19 heavy (non-hydrogen) atoms. The van der Waals surface area contributed by atoms with Crippen LogP contribution in [0.4, 0.5) is 18.9 Å². The summed E-state index contributed by atoms with van der Waals surface area (Å²) in [7, 11) is 0. The fraction of sp³-hybridized carbons (Fsp3) is 0.250. The van der Waals surface area contributed by atoms with Crippen LogP contribution in [0.15, 0.2) is 39.5 Å². The zero-order chi connectivity index (χ0) is 14.0. The zero-order valence-corrected chi connectivity index (χ0v) is 11.4. The molecule has 2 aromatic rings. The predicted molar refractivity (Wildman–Crippen MR) is 67.7 cm³/mol. The molecule has 2 heterocycles. The van der Waals surface area contributed by atoms with Gasteiger partial charge >= 0.3 is 6.18 Å². The number of nitrogens with one attached hydrogen (secondary N) is 1. The number of rotatable bonds is 3. The minimum Gasteiger partial charge on any atom is -0.452 e. The fourth-order valence-electron chi connectivity index (χ4n) is 1.53. The van der Waals surface area contributed by atoms with Crippen molar-refractivity contribution < 1.29 is 17.6 Å². The van der Waals surface area contributed by atoms with Gasteiger partial charge in [-0.05, 0) is 47.1 Å². The van der Waals surface area contributed by atoms with E-state index < -0.39 is 11.9 Å². The number of alkyl halides is 3. The van der Waals surface area contributed by atoms with E-state index >= 15 is 0 Å². The molecule has 0 bridgehead atoms. The maximum Gasteiger partial charge on any atom is 0.433 e. The van der Waals surface area contributed by atoms with E-state index in [2.05, 4.69) is 26.2 Å². The molecule has 7 heteroatoms. The smallest absolute Gasteiger partial charge is 0.433 e. The van der Waals surface area contributed by atoms with E-state index in [1.807, 2.05) is 6.92 Å². The Hall–Kier alpha value is -1.50. The summed E-state index contributed by atoms with van der Waals surface area (Å²) < 4.78 is 43.0. The fourth-order valence-corrected chi connectivity index (χ4v) is 1.85. The van der Waals surface area contributed by atoms with E-state index in [0.717, 1.165) is 12.3 Å². The molecule has 0 aliphatic rings. The van der Waals surface area contributed by atoms with Crippen molar-refractivity contribution in [2.45, 2.75) is 19.1 Å². The van der Waals surface area contributed by atoms with Crippen LogP contribution in [0.1, 0.15) is 24.4 Å². The van der Waals surface area contributed by atoms with Gasteiger partial charge in [-0.3, -0.25) is 0 Å². The first kappa shape index (κ1) is 13.9. The average molecular weight is 335 g/mol. The SMILES string of the molecule is CC(Nc1ccc(C(F)(F)F)nc1)c1ccc(Br)o1. The Balaban J connectivity index is 2.07. The van der Waals surface area contributed by atoms with Crippen molar-refractivity contribution in [3.05, 3.63) is 46.6 Å². The van der Waals surface area contributed by atoms with E-state index in [0.29, 0.717) is 16.1 Å². The molecule has 0 spiro atoms. The first-order chi connectivity index (χ1) is 8.86. The van der Waals surface area contributed by atoms with Crippen molar-refractivity contribution in [2.24, 2.45) is 0 Å². The molecule has 1 unspecified atom stereocenters. The number of hydrogen-bond donors (Lipinski definition) is 1. The Morgan fingerprint density at radius 1 is 1.26 bits per heavy atom. The monoisotopic (exact) mass is 334 g/mol. The van der Waals surface area contributed by atoms with Gasteiger partial charge in [0.25, 0.3) is 0 Å². The van der Waals surface area contributed by atoms with Crippen LogP contribution in [0, 0.1) is 0 Å². The van der Waals surface area contributed by atoms with Gasteiger partial charge in [-0.25, -0.2) is 4.98 Å². The summed E-state index contributed by atoms with van der Waals surface area (Å²) in [6.07, 6.45) is -3.27. The van der Waals surface area contributed by atoms with Crippen molar-refractivity contribution in [1.29, 1.82) is 0 Å². The number of furan rings is 1. The van der Waals surface area contributed by atoms with Crippen LogP contribution < -0.4 is 5.32 Å². The number of aromatic nitrogens is 1. The highest BCUT2D eigenvalue weighted by Gasteiger charge is 2.32. The molecule has 0 aliphatic heterocycles. The molecule has 2 aromatic heterocycles. The maximum absolute atomic E-state index is 12.3. The quantitative estimate of drug-likeness (QED) is 0.889. The lowest BCUT2D eigenvalue weighted by atomic mass is 10.2. The first-order valence-corrected chi connectivity index (χ1v) is 6.20. The molecule has 0 saturated heterocycles. The van der Waals surface area contributed by atoms with Gasteiger partial charge in [-0.1, -0.05) is 0 Å². The standard InChI is InChI=1S/C12H10BrF3N2O/c1-7(9-3-5-11(13)19-9)18-8-2-4-10(17-6-8)12(14,15)16/h2-7,18H,1H3. The topological polar surface area (TPSA) is 38.1 Å². The summed E-state index contributed by atoms with van der Waals surface area (Å²) in [6, 6.07) is 5.62. The van der Waals surface area contributed by atoms with Gasteiger partial charge in [0.2, 0.25) is 0 Å². The molecule has 2 rings (SSSR count). The van der Waals surface area contributed by atoms with Gasteiger partial charge in [0.15, 0.2) is 4.67 Å². The maximum atomic E-state index is 12.3. The molecule has 1 N–H and O–H groups in total. The second-order valence-electron chi connectivity index (χ2n) is 3.94. The third kappa shape index (κ3) is 3.50. The summed E-state index contributed by atoms with van der Waals surface area (Å²) in [4.78, 5) is 3.37. The lowest BCUT2D eigenvalue weighted by Crippen LogP contribution is -2.09. The van der Waals surface area contributed by atoms with Crippen LogP contribution in [0.25, 0.3) is 0 Å². The first-order valence-electron chi connectivity index (χ1n) is 5.41. The van der Waals surface area contributed by atoms with Crippen LogP contribution in [0.3, 0.4) is 0 Å². The molecule has 102 valence electrons. The molecule has 3 nitrogen and oxygen atoms in total. The third-order valence-corrected chi connectivity index (χ3v) is 2.88. The molecular formula is C12H10BrF3N2O. The highest BCUT2D eigenvalue weighted by molar-refractivity contribution is 9.10. The number of halogens is 4. The van der Waals surface area contributed by atoms with Crippen LogP contribution in [-0.2, 0) is 6.18 Å². The molecule has 0 aliphatic carbocycles. The van der Waals surface area contributed by atoms with E-state index in [1.54, 1.807) is 12.1 Å². The highest BCUT2D eigenvalue weighted by Crippen LogP contribution is 2.29. The molecule has 1 atom stereocenters. The summed E-state index contributed by atoms with van der Waals surface area (Å²) in [5.41, 5.74) is -0.417. The predicted octanol–water partition coefficient (Wildman–Crippen LogP) is 4.63. The summed E-state index contributed by atoms with van der Waals surface area (Å²) in [5, 5.41) is 3.01. The van der Waals surface area contributed by atoms with Crippen molar-refractivity contribution in [1.82, 2.24) is 4.98 Å². The van der Waals surface area contributed by atoms with Gasteiger partial charge in [-0.2, -0.15) is 13.2 Å². The number of pyridine rings is 1. The minimum absolute atomic E-state index is 0.176. The van der Waals surface area contributed by atoms with Crippen molar-refractivity contribution in [3.63, 3.8) is 0 Å². The Labute approximate surface area is 116 Å². The average Bonchev–Trinajstić information content (AvgIpc) is 2.75. The van der Waals surface area contributed by atoms with Gasteiger partial charge in [-0.15, -0.1) is 0 Å². The summed E-state index contributed by atoms with van der Waals surface area (Å²) in [6.45, 7) is 1.84. The molecular weight excluding hydrogens is 325 g/mol. The van der Waals surface area contributed by atoms with Gasteiger partial charge < -0.3 is 9.73 Å². The number of hydrogen-bond acceptors (Lipinski definition) is 3. The molecule has 0 amide bonds. The van der Waals surface area contributed by atoms with Gasteiger partial charge in [0.05, 0.1) is 17.9 Å². The van der Waals surface area contributed by atoms with Crippen LogP contribution >= 0.6 is 15.9 Å². The summed E-state index contributed by atoms with van der Waals surface area (Å²) >= 11 is 3.19. The van der Waals surface area contributed by atoms with Gasteiger partial charge in [0, 0.05) is 0 Å². The lowest BCUT2D eigenvalue weighted by molar-refractivity contribution is -0.141. The van der Waals surface area contributed by atoms with Crippen molar-refractivity contribution in [3.8, 4) is 0 Å². The van der Waals surface area contributed by atoms with Crippen LogP contribution in [-0.4, -0.2) is 4.98 Å². The lowest BCUT2D eigenvalue weighted by Gasteiger charge is -2.13. The van der Waals surface area contributed by atoms with Crippen LogP contribution in [0.5, 0.6) is 0 Å². The normalized spacial score (nSPS) is 13.3. The van der Waals surface area contributed by atoms with Crippen molar-refractivity contribution >= 4 is 21.6 Å². The molecule has 0 fully saturated rings. The number of anilines is 1. The van der Waals surface area contributed by atoms with Crippen LogP contribution in [0.2, 0.25) is 0 Å². The molecule has 0 radical (unpaired) electrons. The van der Waals surface area contributed by atoms with Crippen molar-refractivity contribution in [2.75, 3.05) is 5.32 Å². The number of nitrogens with zero attached hydrogens (tertiary/aromatic N) is 1. The third-order valence-electron chi connectivity index (χ3n) is 2.46. The Kier molecular flexibility index (Phi) is 3.84. The second-order valence-corrected chi connectivity index (χ2v) is 4.72. The van der Waals surface area contributed by atoms with E-state index in [1.165, 1.54) is 6.07 Å². The minimum atomic E-state index is -4.42. The second kappa shape index (κ2) is 5.24. The Morgan fingerprint density at radius 2 is 2.00 bits per heavy atom. The molecule has 0 saturated carbocycles. The Bertz CT molecular complexity index is 551. The largest absolute Gasteiger partial charge is 0.452 e. The zero-order valence-electron chi connectivity index (χ0n) is 9.83. The van der Waals surface area contributed by atoms with E-state index in [9.17, 15) is 13.2 Å². The molecule has 0 aromatic carbocycles. The Morgan fingerprint density at radius 3 is 2.47 bits per heavy atom. The highest BCUT2D eigenvalue weighted by atomic mass is 79.9.